The van der Waals surface area contributed by atoms with Gasteiger partial charge in [0.25, 0.3) is 0 Å². The first kappa shape index (κ1) is 16.4. The SMILES string of the molecule is CC1CCCC(CCNS(=O)(=O)CCCC(=O)O)C1. The van der Waals surface area contributed by atoms with Crippen LogP contribution in [-0.2, 0) is 14.8 Å². The van der Waals surface area contributed by atoms with E-state index in [0.717, 1.165) is 12.3 Å². The molecular formula is C13H25NO4S. The molecule has 2 N–H and O–H groups in total. The van der Waals surface area contributed by atoms with Gasteiger partial charge in [-0.05, 0) is 31.1 Å². The Balaban J connectivity index is 2.18. The Morgan fingerprint density at radius 1 is 1.37 bits per heavy atom. The van der Waals surface area contributed by atoms with Crippen molar-refractivity contribution in [2.75, 3.05) is 12.3 Å². The van der Waals surface area contributed by atoms with Gasteiger partial charge in [0.15, 0.2) is 0 Å². The van der Waals surface area contributed by atoms with Crippen LogP contribution in [0, 0.1) is 11.8 Å². The zero-order chi connectivity index (χ0) is 14.3. The van der Waals surface area contributed by atoms with Crippen LogP contribution >= 0.6 is 0 Å². The summed E-state index contributed by atoms with van der Waals surface area (Å²) in [6, 6.07) is 0. The standard InChI is InChI=1S/C13H25NO4S/c1-11-4-2-5-12(10-11)7-8-14-19(17,18)9-3-6-13(15)16/h11-12,14H,2-10H2,1H3,(H,15,16). The van der Waals surface area contributed by atoms with Crippen molar-refractivity contribution in [2.24, 2.45) is 11.8 Å². The maximum absolute atomic E-state index is 11.6. The molecule has 2 unspecified atom stereocenters. The van der Waals surface area contributed by atoms with E-state index >= 15 is 0 Å². The van der Waals surface area contributed by atoms with E-state index in [-0.39, 0.29) is 18.6 Å². The average molecular weight is 291 g/mol. The molecule has 0 bridgehead atoms. The van der Waals surface area contributed by atoms with E-state index in [0.29, 0.717) is 12.5 Å². The molecule has 0 heterocycles. The number of carbonyl (C=O) groups is 1. The normalized spacial score (nSPS) is 24.3. The molecule has 0 aromatic rings. The highest BCUT2D eigenvalue weighted by molar-refractivity contribution is 7.89. The van der Waals surface area contributed by atoms with E-state index in [9.17, 15) is 13.2 Å². The Bertz CT molecular complexity index is 380. The quantitative estimate of drug-likeness (QED) is 0.716. The van der Waals surface area contributed by atoms with Crippen molar-refractivity contribution < 1.29 is 18.3 Å². The maximum Gasteiger partial charge on any atom is 0.303 e. The van der Waals surface area contributed by atoms with Gasteiger partial charge >= 0.3 is 5.97 Å². The van der Waals surface area contributed by atoms with E-state index in [2.05, 4.69) is 11.6 Å². The Labute approximate surface area is 115 Å². The number of hydrogen-bond acceptors (Lipinski definition) is 3. The van der Waals surface area contributed by atoms with Gasteiger partial charge in [0.1, 0.15) is 0 Å². The first-order valence-corrected chi connectivity index (χ1v) is 8.73. The molecule has 0 spiro atoms. The molecule has 19 heavy (non-hydrogen) atoms. The molecule has 0 aliphatic heterocycles. The molecule has 1 aliphatic rings. The van der Waals surface area contributed by atoms with E-state index in [1.54, 1.807) is 0 Å². The minimum absolute atomic E-state index is 0.0962. The lowest BCUT2D eigenvalue weighted by atomic mass is 9.81. The molecule has 0 amide bonds. The van der Waals surface area contributed by atoms with Gasteiger partial charge in [-0.25, -0.2) is 13.1 Å². The summed E-state index contributed by atoms with van der Waals surface area (Å²) < 4.78 is 25.8. The van der Waals surface area contributed by atoms with Crippen molar-refractivity contribution in [3.63, 3.8) is 0 Å². The fourth-order valence-electron chi connectivity index (χ4n) is 2.73. The molecule has 0 aromatic heterocycles. The molecule has 1 fully saturated rings. The Hall–Kier alpha value is -0.620. The molecule has 1 aliphatic carbocycles. The third kappa shape index (κ3) is 7.52. The minimum Gasteiger partial charge on any atom is -0.481 e. The topological polar surface area (TPSA) is 83.5 Å². The number of carboxylic acids is 1. The first-order chi connectivity index (χ1) is 8.89. The van der Waals surface area contributed by atoms with Gasteiger partial charge in [-0.3, -0.25) is 4.79 Å². The molecule has 0 radical (unpaired) electrons. The monoisotopic (exact) mass is 291 g/mol. The molecular weight excluding hydrogens is 266 g/mol. The number of rotatable bonds is 8. The highest BCUT2D eigenvalue weighted by Crippen LogP contribution is 2.30. The summed E-state index contributed by atoms with van der Waals surface area (Å²) in [4.78, 5) is 10.3. The maximum atomic E-state index is 11.6. The van der Waals surface area contributed by atoms with Crippen LogP contribution in [0.5, 0.6) is 0 Å². The fourth-order valence-corrected chi connectivity index (χ4v) is 3.82. The van der Waals surface area contributed by atoms with Crippen LogP contribution in [-0.4, -0.2) is 31.8 Å². The zero-order valence-electron chi connectivity index (χ0n) is 11.6. The van der Waals surface area contributed by atoms with Crippen molar-refractivity contribution in [3.05, 3.63) is 0 Å². The third-order valence-electron chi connectivity index (χ3n) is 3.72. The second-order valence-electron chi connectivity index (χ2n) is 5.64. The van der Waals surface area contributed by atoms with Gasteiger partial charge in [0.2, 0.25) is 10.0 Å². The number of carboxylic acid groups (broad SMARTS) is 1. The summed E-state index contributed by atoms with van der Waals surface area (Å²) in [5, 5.41) is 8.47. The minimum atomic E-state index is -3.30. The lowest BCUT2D eigenvalue weighted by Crippen LogP contribution is -2.29. The summed E-state index contributed by atoms with van der Waals surface area (Å²) in [7, 11) is -3.30. The van der Waals surface area contributed by atoms with E-state index in [1.807, 2.05) is 0 Å². The van der Waals surface area contributed by atoms with Gasteiger partial charge in [0.05, 0.1) is 5.75 Å². The molecule has 2 atom stereocenters. The van der Waals surface area contributed by atoms with Crippen LogP contribution in [0.25, 0.3) is 0 Å². The molecule has 0 saturated heterocycles. The average Bonchev–Trinajstić information content (AvgIpc) is 2.27. The van der Waals surface area contributed by atoms with Gasteiger partial charge < -0.3 is 5.11 Å². The predicted molar refractivity (Wildman–Crippen MR) is 74.4 cm³/mol. The summed E-state index contributed by atoms with van der Waals surface area (Å²) >= 11 is 0. The van der Waals surface area contributed by atoms with Gasteiger partial charge in [-0.15, -0.1) is 0 Å². The summed E-state index contributed by atoms with van der Waals surface area (Å²) in [5.74, 6) is 0.336. The van der Waals surface area contributed by atoms with Gasteiger partial charge in [-0.2, -0.15) is 0 Å². The molecule has 1 saturated carbocycles. The lowest BCUT2D eigenvalue weighted by Gasteiger charge is -2.26. The van der Waals surface area contributed by atoms with Gasteiger partial charge in [-0.1, -0.05) is 26.2 Å². The van der Waals surface area contributed by atoms with Crippen LogP contribution < -0.4 is 4.72 Å². The highest BCUT2D eigenvalue weighted by atomic mass is 32.2. The predicted octanol–water partition coefficient (Wildman–Crippen LogP) is 1.99. The Kier molecular flexibility index (Phi) is 6.79. The molecule has 6 heteroatoms. The van der Waals surface area contributed by atoms with Crippen LogP contribution in [0.2, 0.25) is 0 Å². The number of aliphatic carboxylic acids is 1. The van der Waals surface area contributed by atoms with Crippen LogP contribution in [0.15, 0.2) is 0 Å². The smallest absolute Gasteiger partial charge is 0.303 e. The van der Waals surface area contributed by atoms with Crippen molar-refractivity contribution in [1.29, 1.82) is 0 Å². The van der Waals surface area contributed by atoms with Crippen molar-refractivity contribution >= 4 is 16.0 Å². The zero-order valence-corrected chi connectivity index (χ0v) is 12.4. The number of hydrogen-bond donors (Lipinski definition) is 2. The number of nitrogens with one attached hydrogen (secondary N) is 1. The van der Waals surface area contributed by atoms with Crippen molar-refractivity contribution in [3.8, 4) is 0 Å². The molecule has 5 nitrogen and oxygen atoms in total. The summed E-state index contributed by atoms with van der Waals surface area (Å²) in [6.07, 6.45) is 5.90. The Morgan fingerprint density at radius 2 is 2.11 bits per heavy atom. The van der Waals surface area contributed by atoms with Crippen LogP contribution in [0.1, 0.15) is 51.9 Å². The Morgan fingerprint density at radius 3 is 2.74 bits per heavy atom. The highest BCUT2D eigenvalue weighted by Gasteiger charge is 2.19. The molecule has 112 valence electrons. The lowest BCUT2D eigenvalue weighted by molar-refractivity contribution is -0.137. The van der Waals surface area contributed by atoms with Crippen molar-refractivity contribution in [2.45, 2.75) is 51.9 Å². The van der Waals surface area contributed by atoms with E-state index in [4.69, 9.17) is 5.11 Å². The second-order valence-corrected chi connectivity index (χ2v) is 7.56. The van der Waals surface area contributed by atoms with Crippen LogP contribution in [0.3, 0.4) is 0 Å². The number of sulfonamides is 1. The summed E-state index contributed by atoms with van der Waals surface area (Å²) in [5.41, 5.74) is 0. The second kappa shape index (κ2) is 7.85. The fraction of sp³-hybridized carbons (Fsp3) is 0.923. The third-order valence-corrected chi connectivity index (χ3v) is 5.19. The van der Waals surface area contributed by atoms with Crippen molar-refractivity contribution in [1.82, 2.24) is 4.72 Å². The van der Waals surface area contributed by atoms with E-state index in [1.165, 1.54) is 25.7 Å². The van der Waals surface area contributed by atoms with Gasteiger partial charge in [0, 0.05) is 13.0 Å². The molecule has 1 rings (SSSR count). The first-order valence-electron chi connectivity index (χ1n) is 7.08. The van der Waals surface area contributed by atoms with Crippen LogP contribution in [0.4, 0.5) is 0 Å². The largest absolute Gasteiger partial charge is 0.481 e. The summed E-state index contributed by atoms with van der Waals surface area (Å²) in [6.45, 7) is 2.73. The van der Waals surface area contributed by atoms with E-state index < -0.39 is 16.0 Å². The molecule has 0 aromatic carbocycles.